The largest absolute Gasteiger partial charge is 0.467 e. The van der Waals surface area contributed by atoms with Crippen molar-refractivity contribution in [3.05, 3.63) is 74.2 Å². The highest BCUT2D eigenvalue weighted by atomic mass is 16.6. The summed E-state index contributed by atoms with van der Waals surface area (Å²) in [5, 5.41) is 16.0. The summed E-state index contributed by atoms with van der Waals surface area (Å²) in [6.07, 6.45) is 2.42. The number of rotatable bonds is 6. The molecule has 28 heavy (non-hydrogen) atoms. The topological polar surface area (TPSA) is 146 Å². The summed E-state index contributed by atoms with van der Waals surface area (Å²) < 4.78 is 11.4. The maximum absolute atomic E-state index is 12.6. The van der Waals surface area contributed by atoms with Gasteiger partial charge in [-0.3, -0.25) is 14.9 Å². The van der Waals surface area contributed by atoms with Crippen LogP contribution >= 0.6 is 0 Å². The average molecular weight is 388 g/mol. The summed E-state index contributed by atoms with van der Waals surface area (Å²) in [5.74, 6) is -0.424. The quantitative estimate of drug-likeness (QED) is 0.430. The Hall–Kier alpha value is -3.89. The number of furan rings is 1. The molecule has 2 aromatic rings. The summed E-state index contributed by atoms with van der Waals surface area (Å²) in [6, 6.07) is 3.72. The highest BCUT2D eigenvalue weighted by Gasteiger charge is 2.35. The summed E-state index contributed by atoms with van der Waals surface area (Å²) in [4.78, 5) is 47.1. The lowest BCUT2D eigenvalue weighted by molar-refractivity contribution is -0.385. The lowest BCUT2D eigenvalue weighted by Gasteiger charge is -2.28. The van der Waals surface area contributed by atoms with Gasteiger partial charge >= 0.3 is 12.0 Å². The Morgan fingerprint density at radius 1 is 1.36 bits per heavy atom. The van der Waals surface area contributed by atoms with Crippen molar-refractivity contribution in [2.75, 3.05) is 6.61 Å². The molecule has 0 saturated carbocycles. The van der Waals surface area contributed by atoms with E-state index in [0.717, 1.165) is 22.9 Å². The Morgan fingerprint density at radius 3 is 2.79 bits per heavy atom. The van der Waals surface area contributed by atoms with E-state index >= 15 is 0 Å². The molecular formula is C17H16N4O7. The van der Waals surface area contributed by atoms with Gasteiger partial charge in [0.1, 0.15) is 11.8 Å². The molecule has 3 heterocycles. The number of nitrogens with zero attached hydrogens (tertiary/aromatic N) is 2. The molecule has 1 aliphatic heterocycles. The number of allylic oxidation sites excluding steroid dienone is 1. The van der Waals surface area contributed by atoms with Gasteiger partial charge in [-0.15, -0.1) is 0 Å². The van der Waals surface area contributed by atoms with Crippen molar-refractivity contribution in [3.63, 3.8) is 0 Å². The Kier molecular flexibility index (Phi) is 5.25. The van der Waals surface area contributed by atoms with Gasteiger partial charge in [0.25, 0.3) is 11.2 Å². The predicted molar refractivity (Wildman–Crippen MR) is 94.1 cm³/mol. The van der Waals surface area contributed by atoms with Crippen molar-refractivity contribution in [1.29, 1.82) is 0 Å². The number of nitrogens with one attached hydrogen (secondary N) is 2. The molecule has 2 amide bonds. The first-order valence-corrected chi connectivity index (χ1v) is 8.26. The van der Waals surface area contributed by atoms with E-state index < -0.39 is 28.5 Å². The number of urea groups is 1. The van der Waals surface area contributed by atoms with Gasteiger partial charge in [0.15, 0.2) is 0 Å². The van der Waals surface area contributed by atoms with Crippen molar-refractivity contribution in [2.24, 2.45) is 0 Å². The first-order valence-electron chi connectivity index (χ1n) is 8.26. The molecule has 1 atom stereocenters. The molecule has 1 aliphatic rings. The molecule has 0 bridgehead atoms. The smallest absolute Gasteiger partial charge is 0.338 e. The second kappa shape index (κ2) is 7.78. The SMILES string of the molecule is CCOC(=O)C1=C(Cn2cc([N+](=O)[O-])ccc2=O)NC(=O)NC1c1ccco1. The van der Waals surface area contributed by atoms with Crippen LogP contribution in [0.15, 0.2) is 57.2 Å². The number of carbonyl (C=O) groups excluding carboxylic acids is 2. The van der Waals surface area contributed by atoms with E-state index in [-0.39, 0.29) is 30.1 Å². The van der Waals surface area contributed by atoms with E-state index in [2.05, 4.69) is 10.6 Å². The van der Waals surface area contributed by atoms with Gasteiger partial charge in [-0.05, 0) is 19.1 Å². The Morgan fingerprint density at radius 2 is 2.14 bits per heavy atom. The van der Waals surface area contributed by atoms with Crippen LogP contribution in [0.4, 0.5) is 10.5 Å². The van der Waals surface area contributed by atoms with Gasteiger partial charge in [0, 0.05) is 12.1 Å². The summed E-state index contributed by atoms with van der Waals surface area (Å²) in [7, 11) is 0. The lowest BCUT2D eigenvalue weighted by Crippen LogP contribution is -2.47. The molecule has 0 saturated heterocycles. The highest BCUT2D eigenvalue weighted by Crippen LogP contribution is 2.28. The number of pyridine rings is 1. The van der Waals surface area contributed by atoms with E-state index in [1.54, 1.807) is 19.1 Å². The predicted octanol–water partition coefficient (Wildman–Crippen LogP) is 1.22. The van der Waals surface area contributed by atoms with Crippen LogP contribution < -0.4 is 16.2 Å². The van der Waals surface area contributed by atoms with Crippen LogP contribution in [0.25, 0.3) is 0 Å². The third-order valence-electron chi connectivity index (χ3n) is 3.98. The van der Waals surface area contributed by atoms with Gasteiger partial charge < -0.3 is 24.4 Å². The maximum Gasteiger partial charge on any atom is 0.338 e. The molecule has 0 aliphatic carbocycles. The van der Waals surface area contributed by atoms with Gasteiger partial charge in [-0.2, -0.15) is 0 Å². The van der Waals surface area contributed by atoms with Crippen LogP contribution in [0, 0.1) is 10.1 Å². The lowest BCUT2D eigenvalue weighted by atomic mass is 10.00. The summed E-state index contributed by atoms with van der Waals surface area (Å²) in [6.45, 7) is 1.43. The number of nitro groups is 1. The van der Waals surface area contributed by atoms with Crippen molar-refractivity contribution >= 4 is 17.7 Å². The minimum atomic E-state index is -0.938. The van der Waals surface area contributed by atoms with E-state index in [4.69, 9.17) is 9.15 Å². The zero-order chi connectivity index (χ0) is 20.3. The second-order valence-electron chi connectivity index (χ2n) is 5.77. The molecule has 1 unspecified atom stereocenters. The molecule has 0 fully saturated rings. The van der Waals surface area contributed by atoms with Crippen LogP contribution in [-0.2, 0) is 16.1 Å². The fraction of sp³-hybridized carbons (Fsp3) is 0.235. The van der Waals surface area contributed by atoms with Gasteiger partial charge in [-0.25, -0.2) is 9.59 Å². The normalized spacial score (nSPS) is 16.3. The zero-order valence-corrected chi connectivity index (χ0v) is 14.7. The van der Waals surface area contributed by atoms with Crippen molar-refractivity contribution in [2.45, 2.75) is 19.5 Å². The standard InChI is InChI=1S/C17H16N4O7/c1-2-27-16(23)14-11(9-20-8-10(21(25)26)5-6-13(20)22)18-17(24)19-15(14)12-4-3-7-28-12/h3-8,15H,2,9H2,1H3,(H2,18,19,24). The number of ether oxygens (including phenoxy) is 1. The third-order valence-corrected chi connectivity index (χ3v) is 3.98. The molecule has 3 rings (SSSR count). The van der Waals surface area contributed by atoms with E-state index in [9.17, 15) is 24.5 Å². The van der Waals surface area contributed by atoms with Crippen LogP contribution in [-0.4, -0.2) is 28.1 Å². The molecule has 11 heteroatoms. The van der Waals surface area contributed by atoms with E-state index in [1.807, 2.05) is 0 Å². The average Bonchev–Trinajstić information content (AvgIpc) is 3.17. The van der Waals surface area contributed by atoms with E-state index in [0.29, 0.717) is 5.76 Å². The number of amides is 2. The molecule has 0 aromatic carbocycles. The molecule has 146 valence electrons. The molecule has 0 radical (unpaired) electrons. The molecule has 2 N–H and O–H groups in total. The second-order valence-corrected chi connectivity index (χ2v) is 5.77. The summed E-state index contributed by atoms with van der Waals surface area (Å²) >= 11 is 0. The van der Waals surface area contributed by atoms with Gasteiger partial charge in [0.05, 0.1) is 41.8 Å². The number of carbonyl (C=O) groups is 2. The van der Waals surface area contributed by atoms with Crippen molar-refractivity contribution < 1.29 is 23.7 Å². The van der Waals surface area contributed by atoms with Crippen molar-refractivity contribution in [3.8, 4) is 0 Å². The van der Waals surface area contributed by atoms with Crippen LogP contribution in [0.5, 0.6) is 0 Å². The Labute approximate surface area is 157 Å². The Bertz CT molecular complexity index is 1010. The maximum atomic E-state index is 12.6. The number of esters is 1. The fourth-order valence-electron chi connectivity index (χ4n) is 2.78. The van der Waals surface area contributed by atoms with Crippen LogP contribution in [0.3, 0.4) is 0 Å². The fourth-order valence-corrected chi connectivity index (χ4v) is 2.78. The first kappa shape index (κ1) is 18.9. The highest BCUT2D eigenvalue weighted by molar-refractivity contribution is 5.94. The first-order chi connectivity index (χ1) is 13.4. The molecule has 0 spiro atoms. The van der Waals surface area contributed by atoms with E-state index in [1.165, 1.54) is 6.26 Å². The third kappa shape index (κ3) is 3.77. The number of aromatic nitrogens is 1. The molecular weight excluding hydrogens is 372 g/mol. The van der Waals surface area contributed by atoms with Crippen LogP contribution in [0.1, 0.15) is 18.7 Å². The number of hydrogen-bond donors (Lipinski definition) is 2. The van der Waals surface area contributed by atoms with Crippen molar-refractivity contribution in [1.82, 2.24) is 15.2 Å². The van der Waals surface area contributed by atoms with Gasteiger partial charge in [-0.1, -0.05) is 0 Å². The zero-order valence-electron chi connectivity index (χ0n) is 14.7. The monoisotopic (exact) mass is 388 g/mol. The summed E-state index contributed by atoms with van der Waals surface area (Å²) in [5.41, 5.74) is -0.731. The Balaban J connectivity index is 2.10. The van der Waals surface area contributed by atoms with Gasteiger partial charge in [0.2, 0.25) is 0 Å². The van der Waals surface area contributed by atoms with Crippen LogP contribution in [0.2, 0.25) is 0 Å². The number of hydrogen-bond acceptors (Lipinski definition) is 7. The molecule has 2 aromatic heterocycles. The molecule has 11 nitrogen and oxygen atoms in total. The minimum absolute atomic E-state index is 0.0369. The minimum Gasteiger partial charge on any atom is -0.467 e.